The number of thioether (sulfide) groups is 1. The van der Waals surface area contributed by atoms with E-state index in [9.17, 15) is 13.2 Å². The normalized spacial score (nSPS) is 15.9. The average Bonchev–Trinajstić information content (AvgIpc) is 2.66. The van der Waals surface area contributed by atoms with E-state index < -0.39 is 10.0 Å². The Morgan fingerprint density at radius 2 is 1.89 bits per heavy atom. The molecule has 0 unspecified atom stereocenters. The molecule has 0 atom stereocenters. The number of carbonyl (C=O) groups excluding carboxylic acids is 1. The van der Waals surface area contributed by atoms with Crippen molar-refractivity contribution >= 4 is 44.4 Å². The highest BCUT2D eigenvalue weighted by atomic mass is 32.2. The van der Waals surface area contributed by atoms with E-state index in [0.29, 0.717) is 31.3 Å². The van der Waals surface area contributed by atoms with Crippen LogP contribution in [0.2, 0.25) is 0 Å². The second kappa shape index (κ2) is 8.41. The van der Waals surface area contributed by atoms with Gasteiger partial charge in [0.15, 0.2) is 5.16 Å². The van der Waals surface area contributed by atoms with Gasteiger partial charge in [-0.2, -0.15) is 4.31 Å². The molecule has 1 N–H and O–H groups in total. The summed E-state index contributed by atoms with van der Waals surface area (Å²) in [4.78, 5) is 23.2. The minimum absolute atomic E-state index is 0.0325. The number of rotatable bonds is 6. The highest BCUT2D eigenvalue weighted by Crippen LogP contribution is 2.24. The summed E-state index contributed by atoms with van der Waals surface area (Å²) in [5.41, 5.74) is 0.833. The molecule has 3 rings (SSSR count). The van der Waals surface area contributed by atoms with Crippen LogP contribution < -0.4 is 5.32 Å². The number of para-hydroxylation sites is 1. The van der Waals surface area contributed by atoms with Crippen molar-refractivity contribution in [3.63, 3.8) is 0 Å². The van der Waals surface area contributed by atoms with Gasteiger partial charge in [-0.05, 0) is 19.1 Å². The first-order chi connectivity index (χ1) is 12.9. The molecule has 0 bridgehead atoms. The van der Waals surface area contributed by atoms with E-state index in [1.807, 2.05) is 31.2 Å². The molecule has 8 nitrogen and oxygen atoms in total. The standard InChI is InChI=1S/C17H23N5O3S2/c1-3-18-16-13-6-4-5-7-14(13)19-17(20-16)26-12-15(23)21-8-10-22(11-9-21)27(2,24)25/h4-7H,3,8-12H2,1-2H3,(H,18,19,20). The fourth-order valence-corrected chi connectivity index (χ4v) is 4.49. The Bertz CT molecular complexity index is 927. The first-order valence-electron chi connectivity index (χ1n) is 8.75. The molecule has 27 heavy (non-hydrogen) atoms. The Morgan fingerprint density at radius 1 is 1.19 bits per heavy atom. The van der Waals surface area contributed by atoms with Gasteiger partial charge in [-0.1, -0.05) is 23.9 Å². The fourth-order valence-electron chi connectivity index (χ4n) is 2.91. The molecule has 10 heteroatoms. The van der Waals surface area contributed by atoms with Crippen LogP contribution in [0, 0.1) is 0 Å². The van der Waals surface area contributed by atoms with E-state index in [4.69, 9.17) is 0 Å². The highest BCUT2D eigenvalue weighted by Gasteiger charge is 2.26. The molecule has 1 fully saturated rings. The third kappa shape index (κ3) is 4.88. The lowest BCUT2D eigenvalue weighted by molar-refractivity contribution is -0.129. The van der Waals surface area contributed by atoms with E-state index in [2.05, 4.69) is 15.3 Å². The average molecular weight is 410 g/mol. The first-order valence-corrected chi connectivity index (χ1v) is 11.6. The smallest absolute Gasteiger partial charge is 0.233 e. The molecular formula is C17H23N5O3S2. The molecule has 0 aliphatic carbocycles. The Balaban J connectivity index is 1.64. The molecule has 2 aromatic rings. The number of fused-ring (bicyclic) bond motifs is 1. The van der Waals surface area contributed by atoms with Crippen molar-refractivity contribution < 1.29 is 13.2 Å². The fraction of sp³-hybridized carbons (Fsp3) is 0.471. The van der Waals surface area contributed by atoms with E-state index in [0.717, 1.165) is 23.3 Å². The summed E-state index contributed by atoms with van der Waals surface area (Å²) in [6, 6.07) is 7.76. The molecule has 1 amide bonds. The summed E-state index contributed by atoms with van der Waals surface area (Å²) in [5, 5.41) is 4.74. The van der Waals surface area contributed by atoms with Gasteiger partial charge in [0.1, 0.15) is 5.82 Å². The van der Waals surface area contributed by atoms with Crippen LogP contribution in [0.15, 0.2) is 29.4 Å². The summed E-state index contributed by atoms with van der Waals surface area (Å²) < 4.78 is 24.5. The number of hydrogen-bond acceptors (Lipinski definition) is 7. The molecule has 1 aliphatic heterocycles. The number of amides is 1. The predicted octanol–water partition coefficient (Wildman–Crippen LogP) is 1.26. The number of aromatic nitrogens is 2. The molecule has 2 heterocycles. The Morgan fingerprint density at radius 3 is 2.56 bits per heavy atom. The molecule has 1 aromatic carbocycles. The molecule has 0 saturated carbocycles. The van der Waals surface area contributed by atoms with Gasteiger partial charge in [0.2, 0.25) is 15.9 Å². The largest absolute Gasteiger partial charge is 0.370 e. The highest BCUT2D eigenvalue weighted by molar-refractivity contribution is 7.99. The monoisotopic (exact) mass is 409 g/mol. The number of nitrogens with zero attached hydrogens (tertiary/aromatic N) is 4. The summed E-state index contributed by atoms with van der Waals surface area (Å²) in [6.07, 6.45) is 1.19. The van der Waals surface area contributed by atoms with Crippen LogP contribution in [0.5, 0.6) is 0 Å². The summed E-state index contributed by atoms with van der Waals surface area (Å²) in [5.74, 6) is 0.956. The number of benzene rings is 1. The summed E-state index contributed by atoms with van der Waals surface area (Å²) >= 11 is 1.30. The maximum atomic E-state index is 12.5. The van der Waals surface area contributed by atoms with Crippen LogP contribution in [-0.2, 0) is 14.8 Å². The lowest BCUT2D eigenvalue weighted by Gasteiger charge is -2.33. The van der Waals surface area contributed by atoms with Crippen LogP contribution in [0.3, 0.4) is 0 Å². The maximum Gasteiger partial charge on any atom is 0.233 e. The second-order valence-corrected chi connectivity index (χ2v) is 9.16. The van der Waals surface area contributed by atoms with Crippen molar-refractivity contribution in [3.05, 3.63) is 24.3 Å². The van der Waals surface area contributed by atoms with Gasteiger partial charge in [-0.3, -0.25) is 4.79 Å². The van der Waals surface area contributed by atoms with Crippen molar-refractivity contribution in [1.82, 2.24) is 19.2 Å². The quantitative estimate of drug-likeness (QED) is 0.567. The Kier molecular flexibility index (Phi) is 6.18. The van der Waals surface area contributed by atoms with Crippen LogP contribution >= 0.6 is 11.8 Å². The van der Waals surface area contributed by atoms with Crippen molar-refractivity contribution in [2.24, 2.45) is 0 Å². The summed E-state index contributed by atoms with van der Waals surface area (Å²) in [6.45, 7) is 4.25. The van der Waals surface area contributed by atoms with Crippen molar-refractivity contribution in [2.75, 3.05) is 50.0 Å². The van der Waals surface area contributed by atoms with Crippen LogP contribution in [0.25, 0.3) is 10.9 Å². The number of hydrogen-bond donors (Lipinski definition) is 1. The van der Waals surface area contributed by atoms with Crippen LogP contribution in [0.4, 0.5) is 5.82 Å². The van der Waals surface area contributed by atoms with E-state index in [-0.39, 0.29) is 11.7 Å². The van der Waals surface area contributed by atoms with E-state index >= 15 is 0 Å². The molecule has 0 spiro atoms. The minimum Gasteiger partial charge on any atom is -0.370 e. The second-order valence-electron chi connectivity index (χ2n) is 6.23. The zero-order valence-electron chi connectivity index (χ0n) is 15.4. The van der Waals surface area contributed by atoms with Gasteiger partial charge in [0.25, 0.3) is 0 Å². The maximum absolute atomic E-state index is 12.5. The lowest BCUT2D eigenvalue weighted by atomic mass is 10.2. The van der Waals surface area contributed by atoms with Gasteiger partial charge in [0.05, 0.1) is 17.5 Å². The zero-order valence-corrected chi connectivity index (χ0v) is 17.0. The first kappa shape index (κ1) is 19.8. The lowest BCUT2D eigenvalue weighted by Crippen LogP contribution is -2.50. The van der Waals surface area contributed by atoms with Crippen LogP contribution in [0.1, 0.15) is 6.92 Å². The number of nitrogens with one attached hydrogen (secondary N) is 1. The molecule has 1 aliphatic rings. The third-order valence-corrected chi connectivity index (χ3v) is 6.45. The topological polar surface area (TPSA) is 95.5 Å². The van der Waals surface area contributed by atoms with Crippen LogP contribution in [-0.4, -0.2) is 78.2 Å². The molecule has 0 radical (unpaired) electrons. The molecule has 146 valence electrons. The van der Waals surface area contributed by atoms with Gasteiger partial charge in [-0.25, -0.2) is 18.4 Å². The summed E-state index contributed by atoms with van der Waals surface area (Å²) in [7, 11) is -3.20. The van der Waals surface area contributed by atoms with Crippen molar-refractivity contribution in [1.29, 1.82) is 0 Å². The van der Waals surface area contributed by atoms with Gasteiger partial charge in [-0.15, -0.1) is 0 Å². The van der Waals surface area contributed by atoms with Gasteiger partial charge in [0, 0.05) is 38.1 Å². The molecule has 1 aromatic heterocycles. The Labute approximate surface area is 163 Å². The number of sulfonamides is 1. The number of anilines is 1. The Hall–Kier alpha value is -1.91. The number of piperazine rings is 1. The van der Waals surface area contributed by atoms with E-state index in [1.165, 1.54) is 22.3 Å². The zero-order chi connectivity index (χ0) is 19.4. The number of carbonyl (C=O) groups is 1. The molecule has 1 saturated heterocycles. The van der Waals surface area contributed by atoms with Crippen molar-refractivity contribution in [2.45, 2.75) is 12.1 Å². The van der Waals surface area contributed by atoms with E-state index in [1.54, 1.807) is 4.90 Å². The SMILES string of the molecule is CCNc1nc(SCC(=O)N2CCN(S(C)(=O)=O)CC2)nc2ccccc12. The third-order valence-electron chi connectivity index (χ3n) is 4.31. The van der Waals surface area contributed by atoms with Crippen molar-refractivity contribution in [3.8, 4) is 0 Å². The predicted molar refractivity (Wildman–Crippen MR) is 107 cm³/mol. The molecular weight excluding hydrogens is 386 g/mol. The van der Waals surface area contributed by atoms with Gasteiger partial charge < -0.3 is 10.2 Å². The minimum atomic E-state index is -3.20. The van der Waals surface area contributed by atoms with Gasteiger partial charge >= 0.3 is 0 Å².